The topological polar surface area (TPSA) is 37.3 Å². The van der Waals surface area contributed by atoms with Crippen molar-refractivity contribution in [2.45, 2.75) is 12.8 Å². The molecule has 0 amide bonds. The second-order valence-electron chi connectivity index (χ2n) is 3.60. The Kier molecular flexibility index (Phi) is 3.37. The molecule has 0 unspecified atom stereocenters. The van der Waals surface area contributed by atoms with Gasteiger partial charge < -0.3 is 5.11 Å². The number of carboxylic acid groups (broad SMARTS) is 1. The second kappa shape index (κ2) is 4.94. The van der Waals surface area contributed by atoms with Crippen LogP contribution in [0.3, 0.4) is 0 Å². The lowest BCUT2D eigenvalue weighted by Gasteiger charge is -2.01. The molecule has 0 spiro atoms. The van der Waals surface area contributed by atoms with E-state index in [2.05, 4.69) is 12.1 Å². The molecule has 1 aromatic carbocycles. The molecule has 16 heavy (non-hydrogen) atoms. The van der Waals surface area contributed by atoms with Gasteiger partial charge in [-0.15, -0.1) is 11.3 Å². The van der Waals surface area contributed by atoms with Gasteiger partial charge in [0.25, 0.3) is 0 Å². The van der Waals surface area contributed by atoms with Gasteiger partial charge in [0.05, 0.1) is 6.42 Å². The SMILES string of the molecule is O=C(O)Cc1ccsc1Cc1ccccc1. The minimum atomic E-state index is -0.771. The molecule has 1 aromatic heterocycles. The summed E-state index contributed by atoms with van der Waals surface area (Å²) in [5.74, 6) is -0.771. The standard InChI is InChI=1S/C13H12O2S/c14-13(15)9-11-6-7-16-12(11)8-10-4-2-1-3-5-10/h1-7H,8-9H2,(H,14,15). The van der Waals surface area contributed by atoms with Crippen LogP contribution in [0.2, 0.25) is 0 Å². The molecule has 2 rings (SSSR count). The summed E-state index contributed by atoms with van der Waals surface area (Å²) in [7, 11) is 0. The molecule has 0 fully saturated rings. The van der Waals surface area contributed by atoms with Crippen molar-refractivity contribution in [1.82, 2.24) is 0 Å². The van der Waals surface area contributed by atoms with E-state index in [0.29, 0.717) is 0 Å². The van der Waals surface area contributed by atoms with Crippen molar-refractivity contribution < 1.29 is 9.90 Å². The highest BCUT2D eigenvalue weighted by atomic mass is 32.1. The van der Waals surface area contributed by atoms with Crippen molar-refractivity contribution in [3.05, 3.63) is 57.8 Å². The molecular weight excluding hydrogens is 220 g/mol. The van der Waals surface area contributed by atoms with Gasteiger partial charge in [0, 0.05) is 11.3 Å². The molecule has 0 bridgehead atoms. The highest BCUT2D eigenvalue weighted by molar-refractivity contribution is 7.10. The van der Waals surface area contributed by atoms with Gasteiger partial charge in [0.2, 0.25) is 0 Å². The van der Waals surface area contributed by atoms with Gasteiger partial charge >= 0.3 is 5.97 Å². The number of aliphatic carboxylic acids is 1. The molecule has 1 heterocycles. The lowest BCUT2D eigenvalue weighted by molar-refractivity contribution is -0.136. The average Bonchev–Trinajstić information content (AvgIpc) is 2.66. The quantitative estimate of drug-likeness (QED) is 0.880. The number of benzene rings is 1. The summed E-state index contributed by atoms with van der Waals surface area (Å²) >= 11 is 1.62. The first-order valence-electron chi connectivity index (χ1n) is 5.06. The lowest BCUT2D eigenvalue weighted by Crippen LogP contribution is -2.01. The van der Waals surface area contributed by atoms with Gasteiger partial charge in [-0.2, -0.15) is 0 Å². The highest BCUT2D eigenvalue weighted by Gasteiger charge is 2.08. The van der Waals surface area contributed by atoms with Gasteiger partial charge in [-0.25, -0.2) is 0 Å². The van der Waals surface area contributed by atoms with Crippen LogP contribution in [0.15, 0.2) is 41.8 Å². The van der Waals surface area contributed by atoms with E-state index in [4.69, 9.17) is 5.11 Å². The van der Waals surface area contributed by atoms with E-state index >= 15 is 0 Å². The summed E-state index contributed by atoms with van der Waals surface area (Å²) in [5, 5.41) is 10.7. The van der Waals surface area contributed by atoms with Crippen LogP contribution in [0.5, 0.6) is 0 Å². The van der Waals surface area contributed by atoms with E-state index in [1.54, 1.807) is 11.3 Å². The number of hydrogen-bond donors (Lipinski definition) is 1. The van der Waals surface area contributed by atoms with E-state index in [9.17, 15) is 4.79 Å². The second-order valence-corrected chi connectivity index (χ2v) is 4.60. The smallest absolute Gasteiger partial charge is 0.307 e. The predicted molar refractivity (Wildman–Crippen MR) is 64.9 cm³/mol. The summed E-state index contributed by atoms with van der Waals surface area (Å²) < 4.78 is 0. The van der Waals surface area contributed by atoms with Gasteiger partial charge in [-0.3, -0.25) is 4.79 Å². The largest absolute Gasteiger partial charge is 0.481 e. The molecule has 0 atom stereocenters. The molecule has 3 heteroatoms. The van der Waals surface area contributed by atoms with Crippen molar-refractivity contribution in [1.29, 1.82) is 0 Å². The summed E-state index contributed by atoms with van der Waals surface area (Å²) in [6.07, 6.45) is 0.937. The summed E-state index contributed by atoms with van der Waals surface area (Å²) in [4.78, 5) is 11.8. The number of thiophene rings is 1. The minimum absolute atomic E-state index is 0.117. The zero-order valence-electron chi connectivity index (χ0n) is 8.72. The molecule has 2 nitrogen and oxygen atoms in total. The third-order valence-corrected chi connectivity index (χ3v) is 3.35. The molecule has 82 valence electrons. The first-order chi connectivity index (χ1) is 7.75. The Hall–Kier alpha value is -1.61. The fourth-order valence-electron chi connectivity index (χ4n) is 1.62. The molecule has 0 saturated heterocycles. The highest BCUT2D eigenvalue weighted by Crippen LogP contribution is 2.21. The molecule has 1 N–H and O–H groups in total. The van der Waals surface area contributed by atoms with Crippen LogP contribution in [0.25, 0.3) is 0 Å². The average molecular weight is 232 g/mol. The number of carbonyl (C=O) groups is 1. The zero-order chi connectivity index (χ0) is 11.4. The maximum Gasteiger partial charge on any atom is 0.307 e. The minimum Gasteiger partial charge on any atom is -0.481 e. The van der Waals surface area contributed by atoms with Crippen LogP contribution in [-0.2, 0) is 17.6 Å². The number of carboxylic acids is 1. The molecular formula is C13H12O2S. The molecule has 0 aliphatic heterocycles. The van der Waals surface area contributed by atoms with Gasteiger partial charge in [0.1, 0.15) is 0 Å². The fourth-order valence-corrected chi connectivity index (χ4v) is 2.56. The van der Waals surface area contributed by atoms with Crippen LogP contribution >= 0.6 is 11.3 Å². The van der Waals surface area contributed by atoms with E-state index in [-0.39, 0.29) is 6.42 Å². The normalized spacial score (nSPS) is 10.2. The van der Waals surface area contributed by atoms with E-state index < -0.39 is 5.97 Å². The summed E-state index contributed by atoms with van der Waals surface area (Å²) in [5.41, 5.74) is 2.15. The third kappa shape index (κ3) is 2.70. The van der Waals surface area contributed by atoms with Crippen molar-refractivity contribution in [3.63, 3.8) is 0 Å². The van der Waals surface area contributed by atoms with E-state index in [1.165, 1.54) is 5.56 Å². The van der Waals surface area contributed by atoms with Gasteiger partial charge in [-0.1, -0.05) is 30.3 Å². The van der Waals surface area contributed by atoms with Gasteiger partial charge in [-0.05, 0) is 22.6 Å². The molecule has 0 aliphatic carbocycles. The Labute approximate surface area is 98.2 Å². The van der Waals surface area contributed by atoms with Crippen molar-refractivity contribution in [2.75, 3.05) is 0 Å². The fraction of sp³-hybridized carbons (Fsp3) is 0.154. The molecule has 0 aliphatic rings. The van der Waals surface area contributed by atoms with Crippen LogP contribution < -0.4 is 0 Å². The van der Waals surface area contributed by atoms with Crippen molar-refractivity contribution in [2.24, 2.45) is 0 Å². The Morgan fingerprint density at radius 1 is 1.19 bits per heavy atom. The lowest BCUT2D eigenvalue weighted by atomic mass is 10.1. The molecule has 0 radical (unpaired) electrons. The molecule has 2 aromatic rings. The number of hydrogen-bond acceptors (Lipinski definition) is 2. The summed E-state index contributed by atoms with van der Waals surface area (Å²) in [6, 6.07) is 12.0. The Morgan fingerprint density at radius 2 is 1.94 bits per heavy atom. The number of rotatable bonds is 4. The maximum atomic E-state index is 10.7. The first-order valence-corrected chi connectivity index (χ1v) is 5.94. The van der Waals surface area contributed by atoms with Crippen LogP contribution in [-0.4, -0.2) is 11.1 Å². The predicted octanol–water partition coefficient (Wildman–Crippen LogP) is 2.97. The monoisotopic (exact) mass is 232 g/mol. The third-order valence-electron chi connectivity index (χ3n) is 2.39. The zero-order valence-corrected chi connectivity index (χ0v) is 9.54. The van der Waals surface area contributed by atoms with Crippen LogP contribution in [0, 0.1) is 0 Å². The Bertz CT molecular complexity index is 474. The molecule has 0 saturated carbocycles. The Morgan fingerprint density at radius 3 is 2.62 bits per heavy atom. The van der Waals surface area contributed by atoms with Crippen molar-refractivity contribution >= 4 is 17.3 Å². The maximum absolute atomic E-state index is 10.7. The first kappa shape index (κ1) is 10.9. The van der Waals surface area contributed by atoms with Gasteiger partial charge in [0.15, 0.2) is 0 Å². The Balaban J connectivity index is 2.16. The van der Waals surface area contributed by atoms with Crippen LogP contribution in [0.1, 0.15) is 16.0 Å². The summed E-state index contributed by atoms with van der Waals surface area (Å²) in [6.45, 7) is 0. The van der Waals surface area contributed by atoms with E-state index in [1.807, 2.05) is 29.6 Å². The van der Waals surface area contributed by atoms with Crippen LogP contribution in [0.4, 0.5) is 0 Å². The van der Waals surface area contributed by atoms with Crippen molar-refractivity contribution in [3.8, 4) is 0 Å². The van der Waals surface area contributed by atoms with E-state index in [0.717, 1.165) is 16.9 Å².